The second kappa shape index (κ2) is 12.8. The summed E-state index contributed by atoms with van der Waals surface area (Å²) in [5.41, 5.74) is 1.73. The number of hydrogen-bond acceptors (Lipinski definition) is 6. The first kappa shape index (κ1) is 28.6. The highest BCUT2D eigenvalue weighted by Crippen LogP contribution is 2.31. The van der Waals surface area contributed by atoms with Gasteiger partial charge in [0.05, 0.1) is 24.6 Å². The van der Waals surface area contributed by atoms with Gasteiger partial charge in [0.1, 0.15) is 12.1 Å². The molecular formula is C23H38N2O4. The van der Waals surface area contributed by atoms with Gasteiger partial charge in [-0.25, -0.2) is 9.97 Å². The van der Waals surface area contributed by atoms with Crippen LogP contribution in [-0.2, 0) is 4.74 Å². The Balaban J connectivity index is 0. The van der Waals surface area contributed by atoms with Gasteiger partial charge in [0, 0.05) is 18.1 Å². The van der Waals surface area contributed by atoms with Crippen LogP contribution in [0.5, 0.6) is 11.8 Å². The smallest absolute Gasteiger partial charge is 0.284 e. The zero-order valence-corrected chi connectivity index (χ0v) is 13.4. The zero-order valence-electron chi connectivity index (χ0n) is 13.4. The lowest BCUT2D eigenvalue weighted by molar-refractivity contribution is -0.107. The Kier molecular flexibility index (Phi) is 12.6. The molecule has 0 bridgehead atoms. The minimum Gasteiger partial charge on any atom is -0.468 e. The van der Waals surface area contributed by atoms with Gasteiger partial charge >= 0.3 is 0 Å². The van der Waals surface area contributed by atoms with Gasteiger partial charge in [-0.05, 0) is 37.1 Å². The van der Waals surface area contributed by atoms with Crippen LogP contribution in [0.4, 0.5) is 0 Å². The van der Waals surface area contributed by atoms with Crippen LogP contribution in [0.2, 0.25) is 0 Å². The summed E-state index contributed by atoms with van der Waals surface area (Å²) in [5.74, 6) is 1.73. The second-order valence-corrected chi connectivity index (χ2v) is 5.65. The molecule has 0 N–H and O–H groups in total. The van der Waals surface area contributed by atoms with Gasteiger partial charge < -0.3 is 18.6 Å². The summed E-state index contributed by atoms with van der Waals surface area (Å²) < 4.78 is 22.3. The molecule has 0 saturated carbocycles. The number of furan rings is 1. The number of methoxy groups -OCH3 is 1. The maximum atomic E-state index is 5.96. The minimum atomic E-state index is -0.246. The van der Waals surface area contributed by atoms with Crippen molar-refractivity contribution in [3.05, 3.63) is 36.7 Å². The van der Waals surface area contributed by atoms with Crippen molar-refractivity contribution in [1.82, 2.24) is 9.97 Å². The van der Waals surface area contributed by atoms with E-state index in [2.05, 4.69) is 9.97 Å². The van der Waals surface area contributed by atoms with E-state index in [0.29, 0.717) is 11.8 Å². The fourth-order valence-electron chi connectivity index (χ4n) is 2.79. The highest BCUT2D eigenvalue weighted by molar-refractivity contribution is 5.87. The fourth-order valence-corrected chi connectivity index (χ4v) is 2.79. The predicted octanol–water partition coefficient (Wildman–Crippen LogP) is 6.98. The number of ether oxygens (including phenoxy) is 3. The fraction of sp³-hybridized carbons (Fsp3) is 0.478. The zero-order chi connectivity index (χ0) is 16.4. The normalized spacial score (nSPS) is 14.7. The van der Waals surface area contributed by atoms with Gasteiger partial charge in [-0.2, -0.15) is 0 Å². The molecular weight excluding hydrogens is 368 g/mol. The quantitative estimate of drug-likeness (QED) is 0.465. The summed E-state index contributed by atoms with van der Waals surface area (Å²) in [6.45, 7) is 0.727. The lowest BCUT2D eigenvalue weighted by Crippen LogP contribution is -2.25. The minimum absolute atomic E-state index is 0. The van der Waals surface area contributed by atoms with Gasteiger partial charge in [0.25, 0.3) is 5.95 Å². The van der Waals surface area contributed by atoms with E-state index in [9.17, 15) is 0 Å². The Bertz CT molecular complexity index is 842. The van der Waals surface area contributed by atoms with Crippen LogP contribution in [-0.4, -0.2) is 30.0 Å². The first-order valence-corrected chi connectivity index (χ1v) is 8.01. The molecule has 1 aromatic carbocycles. The average Bonchev–Trinajstić information content (AvgIpc) is 3.12. The molecule has 1 atom stereocenters. The SMILES string of the molecule is C.C.C.C.C.COc1ccc(-c2ccc3ncnc(OC4CCCCO4)c3c2)o1. The standard InChI is InChI=1S/C18H18N2O4.5CH4/c1-21-16-8-7-15(23-16)12-5-6-14-13(10-12)18(20-11-19-14)24-17-4-2-3-9-22-17;;;;;/h5-8,10-11,17H,2-4,9H2,1H3;5*1H4. The van der Waals surface area contributed by atoms with Crippen molar-refractivity contribution in [2.45, 2.75) is 62.7 Å². The van der Waals surface area contributed by atoms with E-state index in [1.807, 2.05) is 24.3 Å². The van der Waals surface area contributed by atoms with Crippen molar-refractivity contribution in [3.8, 4) is 23.1 Å². The van der Waals surface area contributed by atoms with E-state index in [-0.39, 0.29) is 43.4 Å². The topological polar surface area (TPSA) is 66.6 Å². The molecule has 1 saturated heterocycles. The van der Waals surface area contributed by atoms with Gasteiger partial charge in [-0.1, -0.05) is 37.1 Å². The van der Waals surface area contributed by atoms with Gasteiger partial charge in [-0.3, -0.25) is 0 Å². The van der Waals surface area contributed by atoms with Crippen molar-refractivity contribution in [2.75, 3.05) is 13.7 Å². The molecule has 3 heterocycles. The van der Waals surface area contributed by atoms with Crippen LogP contribution in [0.1, 0.15) is 56.4 Å². The average molecular weight is 407 g/mol. The Labute approximate surface area is 176 Å². The van der Waals surface area contributed by atoms with E-state index in [0.717, 1.165) is 48.1 Å². The lowest BCUT2D eigenvalue weighted by Gasteiger charge is -2.23. The number of fused-ring (bicyclic) bond motifs is 1. The summed E-state index contributed by atoms with van der Waals surface area (Å²) in [4.78, 5) is 8.59. The van der Waals surface area contributed by atoms with Crippen molar-refractivity contribution in [1.29, 1.82) is 0 Å². The molecule has 0 radical (unpaired) electrons. The molecule has 2 aromatic heterocycles. The van der Waals surface area contributed by atoms with Gasteiger partial charge in [0.2, 0.25) is 12.2 Å². The molecule has 0 spiro atoms. The molecule has 1 aliphatic rings. The summed E-state index contributed by atoms with van der Waals surface area (Å²) in [6.07, 6.45) is 4.32. The first-order chi connectivity index (χ1) is 11.8. The number of hydrogen-bond donors (Lipinski definition) is 0. The van der Waals surface area contributed by atoms with E-state index >= 15 is 0 Å². The second-order valence-electron chi connectivity index (χ2n) is 5.65. The molecule has 6 nitrogen and oxygen atoms in total. The largest absolute Gasteiger partial charge is 0.468 e. The summed E-state index contributed by atoms with van der Waals surface area (Å²) in [6, 6.07) is 9.50. The van der Waals surface area contributed by atoms with Crippen LogP contribution < -0.4 is 9.47 Å². The molecule has 1 fully saturated rings. The van der Waals surface area contributed by atoms with E-state index in [4.69, 9.17) is 18.6 Å². The van der Waals surface area contributed by atoms with Crippen molar-refractivity contribution >= 4 is 10.9 Å². The molecule has 29 heavy (non-hydrogen) atoms. The maximum absolute atomic E-state index is 5.96. The third-order valence-electron chi connectivity index (χ3n) is 4.05. The summed E-state index contributed by atoms with van der Waals surface area (Å²) >= 11 is 0. The van der Waals surface area contributed by atoms with E-state index in [1.165, 1.54) is 6.33 Å². The van der Waals surface area contributed by atoms with Crippen LogP contribution in [0.25, 0.3) is 22.2 Å². The first-order valence-electron chi connectivity index (χ1n) is 8.01. The Morgan fingerprint density at radius 3 is 2.41 bits per heavy atom. The van der Waals surface area contributed by atoms with Crippen LogP contribution in [0, 0.1) is 0 Å². The Hall–Kier alpha value is -2.60. The lowest BCUT2D eigenvalue weighted by atomic mass is 10.1. The van der Waals surface area contributed by atoms with Crippen molar-refractivity contribution in [3.63, 3.8) is 0 Å². The molecule has 4 rings (SSSR count). The predicted molar refractivity (Wildman–Crippen MR) is 122 cm³/mol. The van der Waals surface area contributed by atoms with Crippen molar-refractivity contribution < 1.29 is 18.6 Å². The van der Waals surface area contributed by atoms with E-state index < -0.39 is 0 Å². The molecule has 1 aliphatic heterocycles. The molecule has 1 unspecified atom stereocenters. The molecule has 6 heteroatoms. The van der Waals surface area contributed by atoms with Crippen LogP contribution >= 0.6 is 0 Å². The summed E-state index contributed by atoms with van der Waals surface area (Å²) in [5, 5.41) is 0.833. The third-order valence-corrected chi connectivity index (χ3v) is 4.05. The van der Waals surface area contributed by atoms with Crippen LogP contribution in [0.15, 0.2) is 41.1 Å². The number of rotatable bonds is 4. The van der Waals surface area contributed by atoms with Crippen molar-refractivity contribution in [2.24, 2.45) is 0 Å². The Morgan fingerprint density at radius 2 is 1.76 bits per heavy atom. The van der Waals surface area contributed by atoms with E-state index in [1.54, 1.807) is 13.2 Å². The molecule has 0 amide bonds. The molecule has 164 valence electrons. The third kappa shape index (κ3) is 6.19. The molecule has 0 aliphatic carbocycles. The number of aromatic nitrogens is 2. The number of nitrogens with zero attached hydrogens (tertiary/aromatic N) is 2. The molecule has 3 aromatic rings. The Morgan fingerprint density at radius 1 is 0.966 bits per heavy atom. The van der Waals surface area contributed by atoms with Gasteiger partial charge in [-0.15, -0.1) is 0 Å². The maximum Gasteiger partial charge on any atom is 0.284 e. The highest BCUT2D eigenvalue weighted by atomic mass is 16.7. The monoisotopic (exact) mass is 406 g/mol. The number of benzene rings is 1. The highest BCUT2D eigenvalue weighted by Gasteiger charge is 2.18. The van der Waals surface area contributed by atoms with Gasteiger partial charge in [0.15, 0.2) is 0 Å². The summed E-state index contributed by atoms with van der Waals surface area (Å²) in [7, 11) is 1.58. The van der Waals surface area contributed by atoms with Crippen LogP contribution in [0.3, 0.4) is 0 Å².